The Morgan fingerprint density at radius 2 is 1.77 bits per heavy atom. The molecule has 0 aromatic heterocycles. The number of benzene rings is 1. The fourth-order valence-corrected chi connectivity index (χ4v) is 3.41. The van der Waals surface area contributed by atoms with E-state index in [1.54, 1.807) is 12.1 Å². The zero-order valence-corrected chi connectivity index (χ0v) is 14.3. The lowest BCUT2D eigenvalue weighted by Gasteiger charge is -2.25. The second-order valence-electron chi connectivity index (χ2n) is 5.96. The number of carbonyl (C=O) groups is 2. The minimum Gasteiger partial charge on any atom is -0.305 e. The van der Waals surface area contributed by atoms with Crippen molar-refractivity contribution in [2.75, 3.05) is 38.1 Å². The van der Waals surface area contributed by atoms with Crippen LogP contribution in [0.2, 0.25) is 0 Å². The van der Waals surface area contributed by atoms with E-state index in [1.165, 1.54) is 4.90 Å². The topological polar surface area (TPSA) is 43.9 Å². The molecule has 2 amide bonds. The number of nitrogens with zero attached hydrogens (tertiary/aromatic N) is 3. The van der Waals surface area contributed by atoms with E-state index in [4.69, 9.17) is 0 Å². The van der Waals surface area contributed by atoms with Crippen molar-refractivity contribution in [1.29, 1.82) is 0 Å². The maximum absolute atomic E-state index is 12.7. The van der Waals surface area contributed by atoms with Crippen LogP contribution in [0.1, 0.15) is 12.8 Å². The Labute approximate surface area is 139 Å². The van der Waals surface area contributed by atoms with E-state index < -0.39 is 0 Å². The molecule has 0 saturated carbocycles. The van der Waals surface area contributed by atoms with Crippen molar-refractivity contribution in [2.24, 2.45) is 0 Å². The van der Waals surface area contributed by atoms with Crippen molar-refractivity contribution in [3.63, 3.8) is 0 Å². The maximum atomic E-state index is 12.7. The number of anilines is 1. The van der Waals surface area contributed by atoms with E-state index >= 15 is 0 Å². The SMILES string of the molecule is CN1CCCN(C2CC(=O)N(c3ccc(Br)cc3)C2=O)CC1. The molecule has 22 heavy (non-hydrogen) atoms. The number of likely N-dealkylation sites (N-methyl/N-ethyl adjacent to an activating group) is 1. The predicted octanol–water partition coefficient (Wildman–Crippen LogP) is 1.72. The molecule has 3 rings (SSSR count). The summed E-state index contributed by atoms with van der Waals surface area (Å²) in [4.78, 5) is 30.8. The Kier molecular flexibility index (Phi) is 4.61. The largest absolute Gasteiger partial charge is 0.305 e. The molecule has 5 nitrogen and oxygen atoms in total. The zero-order chi connectivity index (χ0) is 15.7. The van der Waals surface area contributed by atoms with Gasteiger partial charge in [0.05, 0.1) is 18.2 Å². The van der Waals surface area contributed by atoms with E-state index in [2.05, 4.69) is 32.8 Å². The van der Waals surface area contributed by atoms with Crippen molar-refractivity contribution in [3.8, 4) is 0 Å². The van der Waals surface area contributed by atoms with Gasteiger partial charge in [0.25, 0.3) is 5.91 Å². The van der Waals surface area contributed by atoms with E-state index in [0.717, 1.165) is 37.1 Å². The summed E-state index contributed by atoms with van der Waals surface area (Å²) in [6.45, 7) is 3.70. The molecule has 1 aromatic rings. The van der Waals surface area contributed by atoms with Crippen molar-refractivity contribution >= 4 is 33.4 Å². The normalized spacial score (nSPS) is 24.8. The highest BCUT2D eigenvalue weighted by atomic mass is 79.9. The van der Waals surface area contributed by atoms with Crippen LogP contribution in [0.5, 0.6) is 0 Å². The molecule has 118 valence electrons. The van der Waals surface area contributed by atoms with Crippen molar-refractivity contribution in [3.05, 3.63) is 28.7 Å². The van der Waals surface area contributed by atoms with Crippen molar-refractivity contribution in [2.45, 2.75) is 18.9 Å². The van der Waals surface area contributed by atoms with Crippen LogP contribution < -0.4 is 4.90 Å². The number of imide groups is 1. The molecule has 1 atom stereocenters. The fourth-order valence-electron chi connectivity index (χ4n) is 3.14. The highest BCUT2D eigenvalue weighted by Gasteiger charge is 2.42. The van der Waals surface area contributed by atoms with E-state index in [0.29, 0.717) is 12.1 Å². The van der Waals surface area contributed by atoms with Crippen LogP contribution in [0, 0.1) is 0 Å². The smallest absolute Gasteiger partial charge is 0.251 e. The summed E-state index contributed by atoms with van der Waals surface area (Å²) < 4.78 is 0.933. The molecule has 0 aliphatic carbocycles. The van der Waals surface area contributed by atoms with Gasteiger partial charge in [-0.2, -0.15) is 0 Å². The molecule has 2 aliphatic heterocycles. The summed E-state index contributed by atoms with van der Waals surface area (Å²) in [5, 5.41) is 0. The molecule has 2 fully saturated rings. The summed E-state index contributed by atoms with van der Waals surface area (Å²) in [6, 6.07) is 7.01. The first-order valence-electron chi connectivity index (χ1n) is 7.61. The molecule has 1 aromatic carbocycles. The zero-order valence-electron chi connectivity index (χ0n) is 12.7. The van der Waals surface area contributed by atoms with Gasteiger partial charge in [0.1, 0.15) is 0 Å². The summed E-state index contributed by atoms with van der Waals surface area (Å²) in [7, 11) is 2.10. The van der Waals surface area contributed by atoms with Crippen LogP contribution in [0.3, 0.4) is 0 Å². The van der Waals surface area contributed by atoms with E-state index in [1.807, 2.05) is 12.1 Å². The van der Waals surface area contributed by atoms with Crippen LogP contribution in [0.25, 0.3) is 0 Å². The summed E-state index contributed by atoms with van der Waals surface area (Å²) >= 11 is 3.37. The second-order valence-corrected chi connectivity index (χ2v) is 6.87. The molecule has 6 heteroatoms. The first-order chi connectivity index (χ1) is 10.6. The maximum Gasteiger partial charge on any atom is 0.251 e. The highest BCUT2D eigenvalue weighted by Crippen LogP contribution is 2.27. The lowest BCUT2D eigenvalue weighted by atomic mass is 10.2. The third-order valence-corrected chi connectivity index (χ3v) is 4.93. The summed E-state index contributed by atoms with van der Waals surface area (Å²) in [5.41, 5.74) is 0.660. The Bertz CT molecular complexity index is 575. The molecule has 2 saturated heterocycles. The number of rotatable bonds is 2. The fraction of sp³-hybridized carbons (Fsp3) is 0.500. The predicted molar refractivity (Wildman–Crippen MR) is 88.7 cm³/mol. The standard InChI is InChI=1S/C16H20BrN3O2/c1-18-7-2-8-19(10-9-18)14-11-15(21)20(16(14)22)13-5-3-12(17)4-6-13/h3-6,14H,2,7-11H2,1H3. The monoisotopic (exact) mass is 365 g/mol. The molecule has 0 radical (unpaired) electrons. The Morgan fingerprint density at radius 1 is 1.05 bits per heavy atom. The lowest BCUT2D eigenvalue weighted by Crippen LogP contribution is -2.43. The van der Waals surface area contributed by atoms with Crippen LogP contribution in [0.15, 0.2) is 28.7 Å². The van der Waals surface area contributed by atoms with Crippen molar-refractivity contribution in [1.82, 2.24) is 9.80 Å². The van der Waals surface area contributed by atoms with Crippen LogP contribution >= 0.6 is 15.9 Å². The molecule has 1 unspecified atom stereocenters. The molecule has 2 heterocycles. The molecule has 0 bridgehead atoms. The van der Waals surface area contributed by atoms with Gasteiger partial charge >= 0.3 is 0 Å². The van der Waals surface area contributed by atoms with Gasteiger partial charge in [-0.1, -0.05) is 15.9 Å². The third-order valence-electron chi connectivity index (χ3n) is 4.40. The van der Waals surface area contributed by atoms with Crippen LogP contribution in [-0.4, -0.2) is 60.9 Å². The van der Waals surface area contributed by atoms with Gasteiger partial charge in [0.15, 0.2) is 0 Å². The Balaban J connectivity index is 1.77. The van der Waals surface area contributed by atoms with Gasteiger partial charge in [-0.15, -0.1) is 0 Å². The first kappa shape index (κ1) is 15.6. The molecular formula is C16H20BrN3O2. The number of carbonyl (C=O) groups excluding carboxylic acids is 2. The van der Waals surface area contributed by atoms with Crippen LogP contribution in [0.4, 0.5) is 5.69 Å². The summed E-state index contributed by atoms with van der Waals surface area (Å²) in [5.74, 6) is -0.188. The number of hydrogen-bond acceptors (Lipinski definition) is 4. The quantitative estimate of drug-likeness (QED) is 0.748. The van der Waals surface area contributed by atoms with Crippen molar-refractivity contribution < 1.29 is 9.59 Å². The van der Waals surface area contributed by atoms with Gasteiger partial charge in [-0.25, -0.2) is 4.90 Å². The Hall–Kier alpha value is -1.24. The number of amides is 2. The van der Waals surface area contributed by atoms with Gasteiger partial charge in [-0.3, -0.25) is 14.5 Å². The number of hydrogen-bond donors (Lipinski definition) is 0. The summed E-state index contributed by atoms with van der Waals surface area (Å²) in [6.07, 6.45) is 1.32. The van der Waals surface area contributed by atoms with E-state index in [-0.39, 0.29) is 17.9 Å². The van der Waals surface area contributed by atoms with Crippen LogP contribution in [-0.2, 0) is 9.59 Å². The molecule has 2 aliphatic rings. The highest BCUT2D eigenvalue weighted by molar-refractivity contribution is 9.10. The van der Waals surface area contributed by atoms with Gasteiger partial charge in [0.2, 0.25) is 5.91 Å². The number of halogens is 1. The minimum atomic E-state index is -0.303. The average Bonchev–Trinajstić information content (AvgIpc) is 2.66. The van der Waals surface area contributed by atoms with Gasteiger partial charge < -0.3 is 4.90 Å². The molecular weight excluding hydrogens is 346 g/mol. The first-order valence-corrected chi connectivity index (χ1v) is 8.40. The minimum absolute atomic E-state index is 0.0862. The third kappa shape index (κ3) is 3.09. The average molecular weight is 366 g/mol. The molecule has 0 N–H and O–H groups in total. The lowest BCUT2D eigenvalue weighted by molar-refractivity contribution is -0.122. The Morgan fingerprint density at radius 3 is 2.50 bits per heavy atom. The second kappa shape index (κ2) is 6.48. The van der Waals surface area contributed by atoms with E-state index in [9.17, 15) is 9.59 Å². The molecule has 0 spiro atoms. The van der Waals surface area contributed by atoms with Gasteiger partial charge in [-0.05, 0) is 44.3 Å². The van der Waals surface area contributed by atoms with Gasteiger partial charge in [0, 0.05) is 24.1 Å².